The number of hydrogen-bond acceptors (Lipinski definition) is 6. The Morgan fingerprint density at radius 1 is 1.35 bits per heavy atom. The largest absolute Gasteiger partial charge is 0.369 e. The van der Waals surface area contributed by atoms with Gasteiger partial charge in [0.1, 0.15) is 24.7 Å². The van der Waals surface area contributed by atoms with Crippen LogP contribution in [-0.4, -0.2) is 31.2 Å². The molecule has 2 rings (SSSR count). The van der Waals surface area contributed by atoms with Crippen LogP contribution in [0.4, 0.5) is 11.5 Å². The number of unbranched alkanes of at least 4 members (excludes halogenated alkanes) is 1. The van der Waals surface area contributed by atoms with Gasteiger partial charge in [-0.05, 0) is 12.8 Å². The van der Waals surface area contributed by atoms with Gasteiger partial charge in [0.15, 0.2) is 0 Å². The summed E-state index contributed by atoms with van der Waals surface area (Å²) < 4.78 is 1.90. The third-order valence-corrected chi connectivity index (χ3v) is 2.93. The average Bonchev–Trinajstić information content (AvgIpc) is 2.93. The number of nitrogens with zero attached hydrogens (tertiary/aromatic N) is 5. The molecule has 0 aliphatic heterocycles. The summed E-state index contributed by atoms with van der Waals surface area (Å²) in [6.07, 6.45) is 6.39. The fraction of sp³-hybridized carbons (Fsp3) is 0.364. The standard InChI is InChI=1S/C11H13ClN6O2/c12-10-5-9(18(19)20)6-14-11(10)13-3-1-2-4-17-7-15-16-8-17/h5-8H,1-4H2,(H,13,14). The molecule has 0 spiro atoms. The molecule has 0 fully saturated rings. The van der Waals surface area contributed by atoms with Crippen LogP contribution < -0.4 is 5.32 Å². The number of halogens is 1. The molecule has 0 saturated carbocycles. The maximum absolute atomic E-state index is 10.6. The molecule has 20 heavy (non-hydrogen) atoms. The number of hydrogen-bond donors (Lipinski definition) is 1. The topological polar surface area (TPSA) is 98.8 Å². The number of pyridine rings is 1. The van der Waals surface area contributed by atoms with Crippen LogP contribution in [0.3, 0.4) is 0 Å². The molecule has 0 aliphatic rings. The van der Waals surface area contributed by atoms with Crippen molar-refractivity contribution in [3.63, 3.8) is 0 Å². The predicted molar refractivity (Wildman–Crippen MR) is 73.6 cm³/mol. The normalized spacial score (nSPS) is 10.4. The molecule has 0 unspecified atom stereocenters. The van der Waals surface area contributed by atoms with E-state index >= 15 is 0 Å². The highest BCUT2D eigenvalue weighted by Crippen LogP contribution is 2.23. The van der Waals surface area contributed by atoms with Crippen LogP contribution in [0.25, 0.3) is 0 Å². The van der Waals surface area contributed by atoms with Gasteiger partial charge in [0, 0.05) is 19.2 Å². The van der Waals surface area contributed by atoms with Gasteiger partial charge < -0.3 is 9.88 Å². The Labute approximate surface area is 120 Å². The summed E-state index contributed by atoms with van der Waals surface area (Å²) in [5.74, 6) is 0.460. The minimum absolute atomic E-state index is 0.117. The third-order valence-electron chi connectivity index (χ3n) is 2.64. The molecule has 8 nitrogen and oxygen atoms in total. The lowest BCUT2D eigenvalue weighted by molar-refractivity contribution is -0.385. The van der Waals surface area contributed by atoms with Crippen LogP contribution in [0, 0.1) is 10.1 Å². The zero-order valence-electron chi connectivity index (χ0n) is 10.6. The van der Waals surface area contributed by atoms with E-state index < -0.39 is 4.92 Å². The molecule has 0 radical (unpaired) electrons. The Morgan fingerprint density at radius 3 is 2.75 bits per heavy atom. The lowest BCUT2D eigenvalue weighted by Gasteiger charge is -2.07. The van der Waals surface area contributed by atoms with Crippen LogP contribution in [0.15, 0.2) is 24.9 Å². The smallest absolute Gasteiger partial charge is 0.289 e. The zero-order valence-corrected chi connectivity index (χ0v) is 11.3. The van der Waals surface area contributed by atoms with Crippen LogP contribution in [0.2, 0.25) is 5.02 Å². The van der Waals surface area contributed by atoms with Gasteiger partial charge in [0.25, 0.3) is 5.69 Å². The first-order valence-electron chi connectivity index (χ1n) is 6.03. The van der Waals surface area contributed by atoms with Crippen LogP contribution >= 0.6 is 11.6 Å². The van der Waals surface area contributed by atoms with E-state index in [1.807, 2.05) is 4.57 Å². The highest BCUT2D eigenvalue weighted by atomic mass is 35.5. The maximum atomic E-state index is 10.6. The van der Waals surface area contributed by atoms with Crippen molar-refractivity contribution in [3.05, 3.63) is 40.1 Å². The minimum atomic E-state index is -0.526. The molecule has 2 aromatic heterocycles. The van der Waals surface area contributed by atoms with E-state index in [2.05, 4.69) is 20.5 Å². The van der Waals surface area contributed by atoms with E-state index in [0.717, 1.165) is 19.4 Å². The third kappa shape index (κ3) is 3.89. The van der Waals surface area contributed by atoms with E-state index in [-0.39, 0.29) is 10.7 Å². The number of nitro groups is 1. The first-order chi connectivity index (χ1) is 9.66. The molecule has 2 heterocycles. The van der Waals surface area contributed by atoms with E-state index in [0.29, 0.717) is 12.4 Å². The molecule has 0 aromatic carbocycles. The summed E-state index contributed by atoms with van der Waals surface area (Å²) in [5.41, 5.74) is -0.117. The summed E-state index contributed by atoms with van der Waals surface area (Å²) in [5, 5.41) is 21.3. The maximum Gasteiger partial charge on any atom is 0.289 e. The summed E-state index contributed by atoms with van der Waals surface area (Å²) in [4.78, 5) is 14.0. The first-order valence-corrected chi connectivity index (χ1v) is 6.41. The Kier molecular flexibility index (Phi) is 4.83. The van der Waals surface area contributed by atoms with Gasteiger partial charge in [-0.15, -0.1) is 10.2 Å². The first kappa shape index (κ1) is 14.2. The summed E-state index contributed by atoms with van der Waals surface area (Å²) in [6.45, 7) is 1.53. The molecule has 1 N–H and O–H groups in total. The molecular weight excluding hydrogens is 284 g/mol. The number of anilines is 1. The van der Waals surface area contributed by atoms with Crippen molar-refractivity contribution >= 4 is 23.1 Å². The molecule has 0 aliphatic carbocycles. The van der Waals surface area contributed by atoms with Crippen LogP contribution in [0.1, 0.15) is 12.8 Å². The average molecular weight is 297 g/mol. The van der Waals surface area contributed by atoms with Gasteiger partial charge in [0.2, 0.25) is 0 Å². The fourth-order valence-electron chi connectivity index (χ4n) is 1.62. The quantitative estimate of drug-likeness (QED) is 0.477. The number of rotatable bonds is 7. The summed E-state index contributed by atoms with van der Waals surface area (Å²) >= 11 is 5.92. The Balaban J connectivity index is 1.75. The van der Waals surface area contributed by atoms with E-state index in [4.69, 9.17) is 11.6 Å². The van der Waals surface area contributed by atoms with Crippen molar-refractivity contribution in [2.24, 2.45) is 0 Å². The molecule has 0 saturated heterocycles. The van der Waals surface area contributed by atoms with Crippen molar-refractivity contribution in [2.45, 2.75) is 19.4 Å². The van der Waals surface area contributed by atoms with E-state index in [1.54, 1.807) is 12.7 Å². The summed E-state index contributed by atoms with van der Waals surface area (Å²) in [6, 6.07) is 1.29. The molecule has 0 amide bonds. The highest BCUT2D eigenvalue weighted by Gasteiger charge is 2.10. The van der Waals surface area contributed by atoms with Crippen molar-refractivity contribution in [1.29, 1.82) is 0 Å². The second-order valence-corrected chi connectivity index (χ2v) is 4.52. The summed E-state index contributed by atoms with van der Waals surface area (Å²) in [7, 11) is 0. The Bertz CT molecular complexity index is 574. The van der Waals surface area contributed by atoms with Gasteiger partial charge in [-0.25, -0.2) is 4.98 Å². The van der Waals surface area contributed by atoms with Gasteiger partial charge in [0.05, 0.1) is 9.95 Å². The minimum Gasteiger partial charge on any atom is -0.369 e. The van der Waals surface area contributed by atoms with Gasteiger partial charge in [-0.2, -0.15) is 0 Å². The lowest BCUT2D eigenvalue weighted by atomic mass is 10.3. The molecule has 0 bridgehead atoms. The van der Waals surface area contributed by atoms with Crippen molar-refractivity contribution in [3.8, 4) is 0 Å². The molecule has 0 atom stereocenters. The van der Waals surface area contributed by atoms with Crippen LogP contribution in [0.5, 0.6) is 0 Å². The van der Waals surface area contributed by atoms with Gasteiger partial charge in [-0.1, -0.05) is 11.6 Å². The highest BCUT2D eigenvalue weighted by molar-refractivity contribution is 6.33. The Morgan fingerprint density at radius 2 is 2.10 bits per heavy atom. The molecule has 2 aromatic rings. The Hall–Kier alpha value is -2.22. The number of aryl methyl sites for hydroxylation is 1. The van der Waals surface area contributed by atoms with E-state index in [9.17, 15) is 10.1 Å². The van der Waals surface area contributed by atoms with E-state index in [1.165, 1.54) is 12.3 Å². The van der Waals surface area contributed by atoms with Crippen LogP contribution in [-0.2, 0) is 6.54 Å². The number of nitrogens with one attached hydrogen (secondary N) is 1. The number of aromatic nitrogens is 4. The SMILES string of the molecule is O=[N+]([O-])c1cnc(NCCCCn2cnnc2)c(Cl)c1. The molecule has 9 heteroatoms. The van der Waals surface area contributed by atoms with Crippen molar-refractivity contribution < 1.29 is 4.92 Å². The molecule has 106 valence electrons. The molecular formula is C11H13ClN6O2. The monoisotopic (exact) mass is 296 g/mol. The van der Waals surface area contributed by atoms with Gasteiger partial charge >= 0.3 is 0 Å². The predicted octanol–water partition coefficient (Wildman–Crippen LogP) is 2.13. The fourth-order valence-corrected chi connectivity index (χ4v) is 1.85. The zero-order chi connectivity index (χ0) is 14.4. The van der Waals surface area contributed by atoms with Crippen molar-refractivity contribution in [1.82, 2.24) is 19.7 Å². The second kappa shape index (κ2) is 6.80. The lowest BCUT2D eigenvalue weighted by Crippen LogP contribution is -2.06. The van der Waals surface area contributed by atoms with Crippen molar-refractivity contribution in [2.75, 3.05) is 11.9 Å². The van der Waals surface area contributed by atoms with Gasteiger partial charge in [-0.3, -0.25) is 10.1 Å². The second-order valence-electron chi connectivity index (χ2n) is 4.11.